The lowest BCUT2D eigenvalue weighted by Crippen LogP contribution is -2.29. The average Bonchev–Trinajstić information content (AvgIpc) is 2.29. The molecule has 1 aromatic carbocycles. The van der Waals surface area contributed by atoms with Crippen LogP contribution in [-0.4, -0.2) is 28.0 Å². The van der Waals surface area contributed by atoms with Gasteiger partial charge in [-0.15, -0.1) is 0 Å². The molecule has 0 amide bonds. The van der Waals surface area contributed by atoms with E-state index in [1.807, 2.05) is 13.8 Å². The quantitative estimate of drug-likeness (QED) is 0.572. The first-order chi connectivity index (χ1) is 8.04. The summed E-state index contributed by atoms with van der Waals surface area (Å²) in [5.74, 6) is 0.272. The molecule has 2 atom stereocenters. The first-order valence-corrected chi connectivity index (χ1v) is 5.98. The van der Waals surface area contributed by atoms with Crippen LogP contribution in [0.5, 0.6) is 11.5 Å². The fourth-order valence-corrected chi connectivity index (χ4v) is 1.75. The van der Waals surface area contributed by atoms with Gasteiger partial charge in [0.15, 0.2) is 0 Å². The van der Waals surface area contributed by atoms with Crippen molar-refractivity contribution in [1.29, 1.82) is 0 Å². The SMILES string of the molecule is CCCC(O)CNC(C)c1cc(O)ccc1O. The van der Waals surface area contributed by atoms with E-state index >= 15 is 0 Å². The maximum atomic E-state index is 9.66. The van der Waals surface area contributed by atoms with Crippen molar-refractivity contribution in [2.75, 3.05) is 6.54 Å². The molecule has 0 saturated heterocycles. The molecule has 0 aromatic heterocycles. The van der Waals surface area contributed by atoms with Crippen LogP contribution in [0.15, 0.2) is 18.2 Å². The molecule has 0 bridgehead atoms. The van der Waals surface area contributed by atoms with Crippen molar-refractivity contribution in [3.63, 3.8) is 0 Å². The van der Waals surface area contributed by atoms with Crippen molar-refractivity contribution in [1.82, 2.24) is 5.32 Å². The molecule has 0 fully saturated rings. The first-order valence-electron chi connectivity index (χ1n) is 5.98. The van der Waals surface area contributed by atoms with Gasteiger partial charge in [-0.2, -0.15) is 0 Å². The molecule has 0 aliphatic carbocycles. The van der Waals surface area contributed by atoms with Gasteiger partial charge in [0, 0.05) is 18.2 Å². The number of nitrogens with one attached hydrogen (secondary N) is 1. The Morgan fingerprint density at radius 2 is 2.00 bits per heavy atom. The predicted molar refractivity (Wildman–Crippen MR) is 67.1 cm³/mol. The Morgan fingerprint density at radius 3 is 2.65 bits per heavy atom. The number of benzene rings is 1. The Balaban J connectivity index is 2.57. The third kappa shape index (κ3) is 4.24. The van der Waals surface area contributed by atoms with E-state index in [9.17, 15) is 15.3 Å². The van der Waals surface area contributed by atoms with Crippen molar-refractivity contribution in [2.45, 2.75) is 38.8 Å². The van der Waals surface area contributed by atoms with E-state index < -0.39 is 0 Å². The van der Waals surface area contributed by atoms with E-state index in [1.165, 1.54) is 18.2 Å². The second-order valence-corrected chi connectivity index (χ2v) is 4.32. The minimum atomic E-state index is -0.373. The van der Waals surface area contributed by atoms with Crippen LogP contribution in [0.1, 0.15) is 38.3 Å². The number of aromatic hydroxyl groups is 2. The molecule has 2 unspecified atom stereocenters. The zero-order chi connectivity index (χ0) is 12.8. The molecule has 17 heavy (non-hydrogen) atoms. The van der Waals surface area contributed by atoms with Gasteiger partial charge in [0.2, 0.25) is 0 Å². The largest absolute Gasteiger partial charge is 0.508 e. The number of rotatable bonds is 6. The van der Waals surface area contributed by atoms with Gasteiger partial charge in [-0.25, -0.2) is 0 Å². The highest BCUT2D eigenvalue weighted by molar-refractivity contribution is 5.40. The number of aliphatic hydroxyl groups excluding tert-OH is 1. The van der Waals surface area contributed by atoms with Crippen LogP contribution in [0.3, 0.4) is 0 Å². The van der Waals surface area contributed by atoms with E-state index in [4.69, 9.17) is 0 Å². The van der Waals surface area contributed by atoms with Crippen molar-refractivity contribution in [3.8, 4) is 11.5 Å². The van der Waals surface area contributed by atoms with E-state index in [0.717, 1.165) is 12.8 Å². The van der Waals surface area contributed by atoms with Crippen LogP contribution in [0.4, 0.5) is 0 Å². The van der Waals surface area contributed by atoms with Crippen LogP contribution in [0.25, 0.3) is 0 Å². The highest BCUT2D eigenvalue weighted by atomic mass is 16.3. The summed E-state index contributed by atoms with van der Waals surface area (Å²) in [6, 6.07) is 4.32. The van der Waals surface area contributed by atoms with Gasteiger partial charge < -0.3 is 20.6 Å². The summed E-state index contributed by atoms with van der Waals surface area (Å²) in [4.78, 5) is 0. The minimum Gasteiger partial charge on any atom is -0.508 e. The topological polar surface area (TPSA) is 72.7 Å². The summed E-state index contributed by atoms with van der Waals surface area (Å²) in [6.07, 6.45) is 1.32. The molecule has 1 rings (SSSR count). The second kappa shape index (κ2) is 6.47. The normalized spacial score (nSPS) is 14.5. The maximum Gasteiger partial charge on any atom is 0.120 e. The van der Waals surface area contributed by atoms with Gasteiger partial charge in [-0.05, 0) is 31.5 Å². The summed E-state index contributed by atoms with van der Waals surface area (Å²) in [6.45, 7) is 4.38. The molecular formula is C13H21NO3. The fourth-order valence-electron chi connectivity index (χ4n) is 1.75. The van der Waals surface area contributed by atoms with Crippen LogP contribution in [0.2, 0.25) is 0 Å². The molecule has 4 heteroatoms. The van der Waals surface area contributed by atoms with Crippen molar-refractivity contribution in [2.24, 2.45) is 0 Å². The molecule has 0 spiro atoms. The van der Waals surface area contributed by atoms with Crippen LogP contribution < -0.4 is 5.32 Å². The van der Waals surface area contributed by atoms with E-state index in [0.29, 0.717) is 12.1 Å². The summed E-state index contributed by atoms with van der Waals surface area (Å²) in [5.41, 5.74) is 0.633. The molecule has 96 valence electrons. The number of phenols is 2. The van der Waals surface area contributed by atoms with Crippen molar-refractivity contribution >= 4 is 0 Å². The van der Waals surface area contributed by atoms with Crippen LogP contribution in [0, 0.1) is 0 Å². The zero-order valence-electron chi connectivity index (χ0n) is 10.3. The average molecular weight is 239 g/mol. The number of hydrogen-bond acceptors (Lipinski definition) is 4. The molecule has 4 N–H and O–H groups in total. The van der Waals surface area contributed by atoms with Gasteiger partial charge >= 0.3 is 0 Å². The van der Waals surface area contributed by atoms with Gasteiger partial charge in [0.05, 0.1) is 6.10 Å². The highest BCUT2D eigenvalue weighted by Crippen LogP contribution is 2.27. The summed E-state index contributed by atoms with van der Waals surface area (Å²) < 4.78 is 0. The Hall–Kier alpha value is -1.26. The fraction of sp³-hybridized carbons (Fsp3) is 0.538. The zero-order valence-corrected chi connectivity index (χ0v) is 10.3. The molecule has 0 aliphatic rings. The molecular weight excluding hydrogens is 218 g/mol. The standard InChI is InChI=1S/C13H21NO3/c1-3-4-11(16)8-14-9(2)12-7-10(15)5-6-13(12)17/h5-7,9,11,14-17H,3-4,8H2,1-2H3. The van der Waals surface area contributed by atoms with Crippen molar-refractivity contribution in [3.05, 3.63) is 23.8 Å². The third-order valence-electron chi connectivity index (χ3n) is 2.76. The van der Waals surface area contributed by atoms with Gasteiger partial charge in [-0.3, -0.25) is 0 Å². The summed E-state index contributed by atoms with van der Waals surface area (Å²) in [5, 5.41) is 31.7. The van der Waals surface area contributed by atoms with Crippen LogP contribution >= 0.6 is 0 Å². The lowest BCUT2D eigenvalue weighted by atomic mass is 10.1. The third-order valence-corrected chi connectivity index (χ3v) is 2.76. The molecule has 0 heterocycles. The molecule has 0 aliphatic heterocycles. The van der Waals surface area contributed by atoms with Gasteiger partial charge in [0.1, 0.15) is 11.5 Å². The monoisotopic (exact) mass is 239 g/mol. The minimum absolute atomic E-state index is 0.117. The maximum absolute atomic E-state index is 9.66. The van der Waals surface area contributed by atoms with E-state index in [1.54, 1.807) is 0 Å². The Morgan fingerprint density at radius 1 is 1.29 bits per heavy atom. The van der Waals surface area contributed by atoms with E-state index in [2.05, 4.69) is 5.32 Å². The lowest BCUT2D eigenvalue weighted by molar-refractivity contribution is 0.157. The lowest BCUT2D eigenvalue weighted by Gasteiger charge is -2.18. The second-order valence-electron chi connectivity index (χ2n) is 4.32. The molecule has 0 saturated carbocycles. The highest BCUT2D eigenvalue weighted by Gasteiger charge is 2.12. The Kier molecular flexibility index (Phi) is 5.25. The first kappa shape index (κ1) is 13.8. The van der Waals surface area contributed by atoms with Crippen molar-refractivity contribution < 1.29 is 15.3 Å². The summed E-state index contributed by atoms with van der Waals surface area (Å²) >= 11 is 0. The van der Waals surface area contributed by atoms with E-state index in [-0.39, 0.29) is 23.6 Å². The summed E-state index contributed by atoms with van der Waals surface area (Å²) in [7, 11) is 0. The predicted octanol–water partition coefficient (Wildman–Crippen LogP) is 1.91. The number of aliphatic hydroxyl groups is 1. The van der Waals surface area contributed by atoms with Crippen LogP contribution in [-0.2, 0) is 0 Å². The van der Waals surface area contributed by atoms with Gasteiger partial charge in [0.25, 0.3) is 0 Å². The molecule has 4 nitrogen and oxygen atoms in total. The molecule has 1 aromatic rings. The molecule has 0 radical (unpaired) electrons. The Bertz CT molecular complexity index is 355. The smallest absolute Gasteiger partial charge is 0.120 e. The Labute approximate surface area is 102 Å². The van der Waals surface area contributed by atoms with Gasteiger partial charge in [-0.1, -0.05) is 13.3 Å². The number of hydrogen-bond donors (Lipinski definition) is 4. The number of phenolic OH excluding ortho intramolecular Hbond substituents is 2.